The molecule has 3 nitrogen and oxygen atoms in total. The lowest BCUT2D eigenvalue weighted by atomic mass is 10.1. The Balaban J connectivity index is 2.05. The molecule has 1 rings (SSSR count). The number of hydrogen-bond acceptors (Lipinski definition) is 3. The highest BCUT2D eigenvalue weighted by atomic mass is 15.2. The summed E-state index contributed by atoms with van der Waals surface area (Å²) in [7, 11) is 4.42. The first-order valence-corrected chi connectivity index (χ1v) is 7.24. The van der Waals surface area contributed by atoms with E-state index in [0.29, 0.717) is 0 Å². The Bertz CT molecular complexity index is 194. The van der Waals surface area contributed by atoms with Crippen molar-refractivity contribution in [3.05, 3.63) is 0 Å². The van der Waals surface area contributed by atoms with Crippen LogP contribution < -0.4 is 5.32 Å². The van der Waals surface area contributed by atoms with Gasteiger partial charge in [0.15, 0.2) is 0 Å². The lowest BCUT2D eigenvalue weighted by molar-refractivity contribution is 0.251. The van der Waals surface area contributed by atoms with Crippen LogP contribution in [0.1, 0.15) is 33.1 Å². The van der Waals surface area contributed by atoms with Gasteiger partial charge in [0.25, 0.3) is 0 Å². The highest BCUT2D eigenvalue weighted by Gasteiger charge is 2.30. The molecule has 0 aliphatic carbocycles. The first-order valence-electron chi connectivity index (χ1n) is 7.24. The molecule has 1 saturated heterocycles. The van der Waals surface area contributed by atoms with Gasteiger partial charge in [0.2, 0.25) is 0 Å². The molecule has 2 atom stereocenters. The third-order valence-corrected chi connectivity index (χ3v) is 3.82. The molecule has 1 fully saturated rings. The molecule has 1 aliphatic heterocycles. The van der Waals surface area contributed by atoms with Crippen molar-refractivity contribution in [2.24, 2.45) is 5.92 Å². The molecule has 1 aliphatic rings. The first kappa shape index (κ1) is 14.9. The van der Waals surface area contributed by atoms with E-state index in [1.54, 1.807) is 0 Å². The molecule has 0 amide bonds. The zero-order valence-electron chi connectivity index (χ0n) is 12.2. The van der Waals surface area contributed by atoms with E-state index in [1.165, 1.54) is 52.0 Å². The van der Waals surface area contributed by atoms with Crippen molar-refractivity contribution in [2.45, 2.75) is 39.2 Å². The van der Waals surface area contributed by atoms with Crippen molar-refractivity contribution in [2.75, 3.05) is 46.8 Å². The Labute approximate surface area is 108 Å². The highest BCUT2D eigenvalue weighted by Crippen LogP contribution is 2.19. The average molecular weight is 241 g/mol. The monoisotopic (exact) mass is 241 g/mol. The summed E-state index contributed by atoms with van der Waals surface area (Å²) in [6, 6.07) is 0.758. The van der Waals surface area contributed by atoms with Gasteiger partial charge in [-0.05, 0) is 58.9 Å². The van der Waals surface area contributed by atoms with Gasteiger partial charge in [-0.25, -0.2) is 0 Å². The first-order chi connectivity index (χ1) is 8.15. The smallest absolute Gasteiger partial charge is 0.0254 e. The van der Waals surface area contributed by atoms with Crippen LogP contribution in [-0.4, -0.2) is 62.7 Å². The molecule has 17 heavy (non-hydrogen) atoms. The SMILES string of the molecule is CCCNCCCCN1CC(C)C(N(C)C)C1. The number of rotatable bonds is 8. The summed E-state index contributed by atoms with van der Waals surface area (Å²) in [5, 5.41) is 3.47. The van der Waals surface area contributed by atoms with Gasteiger partial charge in [-0.1, -0.05) is 13.8 Å². The van der Waals surface area contributed by atoms with Crippen LogP contribution in [0.15, 0.2) is 0 Å². The van der Waals surface area contributed by atoms with Crippen molar-refractivity contribution in [1.29, 1.82) is 0 Å². The standard InChI is InChI=1S/C14H31N3/c1-5-8-15-9-6-7-10-17-11-13(2)14(12-17)16(3)4/h13-15H,5-12H2,1-4H3. The molecule has 2 unspecified atom stereocenters. The van der Waals surface area contributed by atoms with Crippen LogP contribution in [0, 0.1) is 5.92 Å². The molecule has 0 aromatic rings. The second-order valence-corrected chi connectivity index (χ2v) is 5.72. The van der Waals surface area contributed by atoms with E-state index >= 15 is 0 Å². The second-order valence-electron chi connectivity index (χ2n) is 5.72. The number of hydrogen-bond donors (Lipinski definition) is 1. The number of nitrogens with zero attached hydrogens (tertiary/aromatic N) is 2. The Kier molecular flexibility index (Phi) is 7.09. The van der Waals surface area contributed by atoms with Crippen LogP contribution in [0.3, 0.4) is 0 Å². The van der Waals surface area contributed by atoms with Crippen LogP contribution in [0.4, 0.5) is 0 Å². The minimum atomic E-state index is 0.758. The van der Waals surface area contributed by atoms with Gasteiger partial charge in [-0.2, -0.15) is 0 Å². The molecule has 0 bridgehead atoms. The number of likely N-dealkylation sites (tertiary alicyclic amines) is 1. The molecule has 102 valence electrons. The summed E-state index contributed by atoms with van der Waals surface area (Å²) in [6.45, 7) is 10.8. The number of unbranched alkanes of at least 4 members (excludes halogenated alkanes) is 1. The largest absolute Gasteiger partial charge is 0.317 e. The molecule has 1 heterocycles. The molecular weight excluding hydrogens is 210 g/mol. The fourth-order valence-corrected chi connectivity index (χ4v) is 2.79. The average Bonchev–Trinajstić information content (AvgIpc) is 2.65. The number of nitrogens with one attached hydrogen (secondary N) is 1. The lowest BCUT2D eigenvalue weighted by Gasteiger charge is -2.22. The van der Waals surface area contributed by atoms with Gasteiger partial charge < -0.3 is 15.1 Å². The summed E-state index contributed by atoms with van der Waals surface area (Å²) in [4.78, 5) is 5.02. The van der Waals surface area contributed by atoms with Crippen LogP contribution in [0.25, 0.3) is 0 Å². The molecule has 3 heteroatoms. The maximum Gasteiger partial charge on any atom is 0.0254 e. The van der Waals surface area contributed by atoms with Crippen LogP contribution in [-0.2, 0) is 0 Å². The van der Waals surface area contributed by atoms with Crippen molar-refractivity contribution >= 4 is 0 Å². The van der Waals surface area contributed by atoms with E-state index in [1.807, 2.05) is 0 Å². The van der Waals surface area contributed by atoms with E-state index in [0.717, 1.165) is 12.0 Å². The van der Waals surface area contributed by atoms with Crippen molar-refractivity contribution in [1.82, 2.24) is 15.1 Å². The van der Waals surface area contributed by atoms with Crippen molar-refractivity contribution in [3.63, 3.8) is 0 Å². The molecule has 0 radical (unpaired) electrons. The van der Waals surface area contributed by atoms with Gasteiger partial charge >= 0.3 is 0 Å². The molecule has 0 aromatic carbocycles. The van der Waals surface area contributed by atoms with E-state index in [4.69, 9.17) is 0 Å². The van der Waals surface area contributed by atoms with Crippen LogP contribution in [0.2, 0.25) is 0 Å². The van der Waals surface area contributed by atoms with E-state index in [-0.39, 0.29) is 0 Å². The Hall–Kier alpha value is -0.120. The summed E-state index contributed by atoms with van der Waals surface area (Å²) in [5.74, 6) is 0.822. The number of likely N-dealkylation sites (N-methyl/N-ethyl adjacent to an activating group) is 1. The summed E-state index contributed by atoms with van der Waals surface area (Å²) in [5.41, 5.74) is 0. The summed E-state index contributed by atoms with van der Waals surface area (Å²) in [6.07, 6.45) is 3.90. The predicted molar refractivity (Wildman–Crippen MR) is 75.5 cm³/mol. The minimum absolute atomic E-state index is 0.758. The van der Waals surface area contributed by atoms with Gasteiger partial charge in [-0.3, -0.25) is 0 Å². The molecular formula is C14H31N3. The third-order valence-electron chi connectivity index (χ3n) is 3.82. The second kappa shape index (κ2) is 8.06. The minimum Gasteiger partial charge on any atom is -0.317 e. The predicted octanol–water partition coefficient (Wildman–Crippen LogP) is 1.65. The Morgan fingerprint density at radius 1 is 1.18 bits per heavy atom. The molecule has 1 N–H and O–H groups in total. The van der Waals surface area contributed by atoms with E-state index < -0.39 is 0 Å². The zero-order chi connectivity index (χ0) is 12.7. The van der Waals surface area contributed by atoms with Gasteiger partial charge in [0.1, 0.15) is 0 Å². The fraction of sp³-hybridized carbons (Fsp3) is 1.00. The Morgan fingerprint density at radius 2 is 1.94 bits per heavy atom. The van der Waals surface area contributed by atoms with Crippen LogP contribution in [0.5, 0.6) is 0 Å². The van der Waals surface area contributed by atoms with Crippen molar-refractivity contribution in [3.8, 4) is 0 Å². The quantitative estimate of drug-likeness (QED) is 0.652. The lowest BCUT2D eigenvalue weighted by Crippen LogP contribution is -2.34. The molecule has 0 spiro atoms. The van der Waals surface area contributed by atoms with E-state index in [9.17, 15) is 0 Å². The molecule has 0 aromatic heterocycles. The highest BCUT2D eigenvalue weighted by molar-refractivity contribution is 4.86. The topological polar surface area (TPSA) is 18.5 Å². The fourth-order valence-electron chi connectivity index (χ4n) is 2.79. The third kappa shape index (κ3) is 5.36. The maximum absolute atomic E-state index is 3.47. The Morgan fingerprint density at radius 3 is 2.53 bits per heavy atom. The molecule has 0 saturated carbocycles. The summed E-state index contributed by atoms with van der Waals surface area (Å²) < 4.78 is 0. The van der Waals surface area contributed by atoms with Gasteiger partial charge in [0.05, 0.1) is 0 Å². The van der Waals surface area contributed by atoms with Crippen molar-refractivity contribution < 1.29 is 0 Å². The zero-order valence-corrected chi connectivity index (χ0v) is 12.2. The summed E-state index contributed by atoms with van der Waals surface area (Å²) >= 11 is 0. The normalized spacial score (nSPS) is 25.9. The maximum atomic E-state index is 3.47. The van der Waals surface area contributed by atoms with E-state index in [2.05, 4.69) is 43.1 Å². The van der Waals surface area contributed by atoms with Gasteiger partial charge in [-0.15, -0.1) is 0 Å². The van der Waals surface area contributed by atoms with Gasteiger partial charge in [0, 0.05) is 19.1 Å². The van der Waals surface area contributed by atoms with Crippen LogP contribution >= 0.6 is 0 Å².